The summed E-state index contributed by atoms with van der Waals surface area (Å²) in [5, 5.41) is 6.48. The van der Waals surface area contributed by atoms with Crippen LogP contribution in [0.5, 0.6) is 11.6 Å². The van der Waals surface area contributed by atoms with Crippen LogP contribution < -0.4 is 20.3 Å². The fourth-order valence-corrected chi connectivity index (χ4v) is 2.44. The van der Waals surface area contributed by atoms with E-state index < -0.39 is 35.5 Å². The van der Waals surface area contributed by atoms with Crippen molar-refractivity contribution in [1.82, 2.24) is 9.78 Å². The number of nitrogens with one attached hydrogen (secondary N) is 1. The molecule has 1 heterocycles. The number of hydrogen-bond acceptors (Lipinski definition) is 5. The van der Waals surface area contributed by atoms with E-state index in [1.807, 2.05) is 0 Å². The van der Waals surface area contributed by atoms with Gasteiger partial charge < -0.3 is 14.8 Å². The number of benzene rings is 2. The average molecular weight is 437 g/mol. The number of ether oxygens (including phenoxy) is 2. The van der Waals surface area contributed by atoms with E-state index in [1.54, 1.807) is 0 Å². The molecule has 3 aromatic rings. The van der Waals surface area contributed by atoms with Crippen molar-refractivity contribution in [1.29, 1.82) is 0 Å². The molecular formula is C20H15F4N3O4. The molecule has 11 heteroatoms. The summed E-state index contributed by atoms with van der Waals surface area (Å²) in [5.41, 5.74) is 0.0339. The molecule has 1 aromatic heterocycles. The van der Waals surface area contributed by atoms with Gasteiger partial charge in [-0.05, 0) is 55.5 Å². The van der Waals surface area contributed by atoms with Gasteiger partial charge in [-0.15, -0.1) is 18.3 Å². The Bertz CT molecular complexity index is 1110. The van der Waals surface area contributed by atoms with Crippen LogP contribution in [0, 0.1) is 5.82 Å². The van der Waals surface area contributed by atoms with Gasteiger partial charge in [0.2, 0.25) is 5.88 Å². The number of aromatic nitrogens is 2. The normalized spacial score (nSPS) is 12.2. The van der Waals surface area contributed by atoms with Gasteiger partial charge in [0, 0.05) is 17.8 Å². The molecule has 0 spiro atoms. The van der Waals surface area contributed by atoms with Crippen molar-refractivity contribution in [2.75, 3.05) is 5.32 Å². The standard InChI is InChI=1S/C20H15F4N3O4/c1-12(19(29)25-14-4-8-16(9-5-14)31-20(22,23)24)30-17-10-11-18(28)27(26-17)15-6-2-13(21)3-7-15/h2-12H,1H3,(H,25,29)/t12-/m1/s1. The van der Waals surface area contributed by atoms with Gasteiger partial charge in [-0.25, -0.2) is 4.39 Å². The van der Waals surface area contributed by atoms with Crippen molar-refractivity contribution in [3.05, 3.63) is 76.8 Å². The largest absolute Gasteiger partial charge is 0.573 e. The van der Waals surface area contributed by atoms with E-state index in [0.29, 0.717) is 5.69 Å². The molecule has 0 aliphatic carbocycles. The maximum absolute atomic E-state index is 13.1. The lowest BCUT2D eigenvalue weighted by Crippen LogP contribution is -2.31. The Labute approximate surface area is 172 Å². The molecule has 0 bridgehead atoms. The van der Waals surface area contributed by atoms with E-state index in [1.165, 1.54) is 43.3 Å². The maximum atomic E-state index is 13.1. The Morgan fingerprint density at radius 1 is 1.03 bits per heavy atom. The van der Waals surface area contributed by atoms with Crippen LogP contribution in [-0.4, -0.2) is 28.2 Å². The monoisotopic (exact) mass is 437 g/mol. The first-order chi connectivity index (χ1) is 14.6. The van der Waals surface area contributed by atoms with Crippen LogP contribution in [0.3, 0.4) is 0 Å². The SMILES string of the molecule is C[C@@H](Oc1ccc(=O)n(-c2ccc(F)cc2)n1)C(=O)Nc1ccc(OC(F)(F)F)cc1. The number of alkyl halides is 3. The summed E-state index contributed by atoms with van der Waals surface area (Å²) >= 11 is 0. The zero-order valence-corrected chi connectivity index (χ0v) is 15.9. The molecule has 162 valence electrons. The zero-order chi connectivity index (χ0) is 22.6. The maximum Gasteiger partial charge on any atom is 0.573 e. The number of amides is 1. The molecule has 1 amide bonds. The number of hydrogen-bond donors (Lipinski definition) is 1. The van der Waals surface area contributed by atoms with Crippen LogP contribution >= 0.6 is 0 Å². The quantitative estimate of drug-likeness (QED) is 0.595. The minimum atomic E-state index is -4.81. The third kappa shape index (κ3) is 6.04. The highest BCUT2D eigenvalue weighted by Crippen LogP contribution is 2.24. The van der Waals surface area contributed by atoms with Crippen LogP contribution in [0.15, 0.2) is 65.5 Å². The third-order valence-corrected chi connectivity index (χ3v) is 3.87. The highest BCUT2D eigenvalue weighted by Gasteiger charge is 2.31. The first-order valence-corrected chi connectivity index (χ1v) is 8.80. The Morgan fingerprint density at radius 3 is 2.29 bits per heavy atom. The Kier molecular flexibility index (Phi) is 6.23. The van der Waals surface area contributed by atoms with Gasteiger partial charge in [0.05, 0.1) is 5.69 Å². The molecule has 0 radical (unpaired) electrons. The second-order valence-electron chi connectivity index (χ2n) is 6.22. The van der Waals surface area contributed by atoms with Crippen LogP contribution in [0.25, 0.3) is 5.69 Å². The lowest BCUT2D eigenvalue weighted by atomic mass is 10.3. The molecule has 0 saturated carbocycles. The second-order valence-corrected chi connectivity index (χ2v) is 6.22. The summed E-state index contributed by atoms with van der Waals surface area (Å²) in [6, 6.07) is 12.1. The van der Waals surface area contributed by atoms with Crippen molar-refractivity contribution in [3.8, 4) is 17.3 Å². The fraction of sp³-hybridized carbons (Fsp3) is 0.150. The van der Waals surface area contributed by atoms with Gasteiger partial charge in [0.25, 0.3) is 11.5 Å². The fourth-order valence-electron chi connectivity index (χ4n) is 2.44. The van der Waals surface area contributed by atoms with E-state index in [-0.39, 0.29) is 11.6 Å². The highest BCUT2D eigenvalue weighted by molar-refractivity contribution is 5.94. The van der Waals surface area contributed by atoms with Gasteiger partial charge in [-0.1, -0.05) is 0 Å². The van der Waals surface area contributed by atoms with E-state index in [0.717, 1.165) is 28.9 Å². The predicted molar refractivity (Wildman–Crippen MR) is 102 cm³/mol. The number of carbonyl (C=O) groups is 1. The third-order valence-electron chi connectivity index (χ3n) is 3.87. The molecule has 0 fully saturated rings. The van der Waals surface area contributed by atoms with Crippen molar-refractivity contribution in [2.24, 2.45) is 0 Å². The number of rotatable bonds is 6. The molecule has 2 aromatic carbocycles. The predicted octanol–water partition coefficient (Wildman–Crippen LogP) is 3.68. The minimum Gasteiger partial charge on any atom is -0.463 e. The average Bonchev–Trinajstić information content (AvgIpc) is 2.70. The molecule has 1 atom stereocenters. The summed E-state index contributed by atoms with van der Waals surface area (Å²) < 4.78 is 59.8. The topological polar surface area (TPSA) is 82.5 Å². The molecule has 0 aliphatic rings. The van der Waals surface area contributed by atoms with E-state index in [2.05, 4.69) is 15.2 Å². The van der Waals surface area contributed by atoms with Gasteiger partial charge in [0.1, 0.15) is 11.6 Å². The highest BCUT2D eigenvalue weighted by atomic mass is 19.4. The molecule has 0 saturated heterocycles. The molecule has 0 aliphatic heterocycles. The zero-order valence-electron chi connectivity index (χ0n) is 15.9. The van der Waals surface area contributed by atoms with E-state index in [9.17, 15) is 27.2 Å². The van der Waals surface area contributed by atoms with Gasteiger partial charge in [-0.2, -0.15) is 4.68 Å². The Hall–Kier alpha value is -3.89. The summed E-state index contributed by atoms with van der Waals surface area (Å²) in [7, 11) is 0. The lowest BCUT2D eigenvalue weighted by molar-refractivity contribution is -0.274. The van der Waals surface area contributed by atoms with Crippen molar-refractivity contribution in [2.45, 2.75) is 19.4 Å². The van der Waals surface area contributed by atoms with Crippen molar-refractivity contribution >= 4 is 11.6 Å². The van der Waals surface area contributed by atoms with E-state index >= 15 is 0 Å². The van der Waals surface area contributed by atoms with Crippen molar-refractivity contribution < 1.29 is 31.8 Å². The van der Waals surface area contributed by atoms with Gasteiger partial charge in [-0.3, -0.25) is 9.59 Å². The molecular weight excluding hydrogens is 422 g/mol. The van der Waals surface area contributed by atoms with Crippen LogP contribution in [0.1, 0.15) is 6.92 Å². The number of carbonyl (C=O) groups excluding carboxylic acids is 1. The van der Waals surface area contributed by atoms with Crippen LogP contribution in [0.4, 0.5) is 23.2 Å². The van der Waals surface area contributed by atoms with Crippen LogP contribution in [-0.2, 0) is 4.79 Å². The van der Waals surface area contributed by atoms with Crippen LogP contribution in [0.2, 0.25) is 0 Å². The summed E-state index contributed by atoms with van der Waals surface area (Å²) in [6.45, 7) is 1.42. The number of nitrogens with zero attached hydrogens (tertiary/aromatic N) is 2. The summed E-state index contributed by atoms with van der Waals surface area (Å²) in [4.78, 5) is 24.3. The minimum absolute atomic E-state index is 0.0412. The smallest absolute Gasteiger partial charge is 0.463 e. The molecule has 31 heavy (non-hydrogen) atoms. The second kappa shape index (κ2) is 8.86. The van der Waals surface area contributed by atoms with Gasteiger partial charge >= 0.3 is 6.36 Å². The molecule has 3 rings (SSSR count). The summed E-state index contributed by atoms with van der Waals surface area (Å²) in [6.07, 6.45) is -5.87. The molecule has 1 N–H and O–H groups in total. The molecule has 7 nitrogen and oxygen atoms in total. The van der Waals surface area contributed by atoms with Crippen molar-refractivity contribution in [3.63, 3.8) is 0 Å². The summed E-state index contributed by atoms with van der Waals surface area (Å²) in [5.74, 6) is -1.55. The molecule has 0 unspecified atom stereocenters. The lowest BCUT2D eigenvalue weighted by Gasteiger charge is -2.15. The van der Waals surface area contributed by atoms with E-state index in [4.69, 9.17) is 4.74 Å². The first-order valence-electron chi connectivity index (χ1n) is 8.80. The Morgan fingerprint density at radius 2 is 1.68 bits per heavy atom. The van der Waals surface area contributed by atoms with Gasteiger partial charge in [0.15, 0.2) is 6.10 Å². The first kappa shape index (κ1) is 21.8. The Balaban J connectivity index is 1.66. The number of anilines is 1. The number of halogens is 4.